The Morgan fingerprint density at radius 2 is 1.79 bits per heavy atom. The van der Waals surface area contributed by atoms with Gasteiger partial charge in [-0.25, -0.2) is 0 Å². The Bertz CT molecular complexity index is 202. The van der Waals surface area contributed by atoms with Crippen molar-refractivity contribution in [2.24, 2.45) is 17.8 Å². The van der Waals surface area contributed by atoms with Crippen LogP contribution in [0.4, 0.5) is 0 Å². The van der Waals surface area contributed by atoms with Gasteiger partial charge in [0.25, 0.3) is 0 Å². The molecule has 0 aromatic carbocycles. The molecule has 1 aliphatic heterocycles. The van der Waals surface area contributed by atoms with Crippen LogP contribution in [-0.2, 0) is 0 Å². The molecule has 0 aromatic rings. The van der Waals surface area contributed by atoms with Gasteiger partial charge in [-0.3, -0.25) is 0 Å². The Labute approximate surface area is 86.3 Å². The van der Waals surface area contributed by atoms with Crippen LogP contribution in [-0.4, -0.2) is 35.7 Å². The van der Waals surface area contributed by atoms with Gasteiger partial charge in [-0.1, -0.05) is 12.8 Å². The third-order valence-corrected chi connectivity index (χ3v) is 4.44. The first-order chi connectivity index (χ1) is 6.83. The van der Waals surface area contributed by atoms with Gasteiger partial charge in [0, 0.05) is 19.6 Å². The molecule has 80 valence electrons. The summed E-state index contributed by atoms with van der Waals surface area (Å²) in [7, 11) is 0. The average Bonchev–Trinajstić information content (AvgIpc) is 2.69. The van der Waals surface area contributed by atoms with Gasteiger partial charge in [-0.15, -0.1) is 0 Å². The van der Waals surface area contributed by atoms with Gasteiger partial charge in [0.05, 0.1) is 6.10 Å². The van der Waals surface area contributed by atoms with Crippen molar-refractivity contribution in [3.05, 3.63) is 0 Å². The van der Waals surface area contributed by atoms with E-state index in [9.17, 15) is 5.11 Å². The molecule has 1 heterocycles. The van der Waals surface area contributed by atoms with Gasteiger partial charge < -0.3 is 10.0 Å². The fourth-order valence-corrected chi connectivity index (χ4v) is 3.40. The number of piperidine rings is 1. The van der Waals surface area contributed by atoms with Crippen molar-refractivity contribution in [2.45, 2.75) is 38.2 Å². The monoisotopic (exact) mass is 195 g/mol. The summed E-state index contributed by atoms with van der Waals surface area (Å²) in [5.41, 5.74) is 0. The van der Waals surface area contributed by atoms with E-state index in [4.69, 9.17) is 0 Å². The molecule has 3 unspecified atom stereocenters. The summed E-state index contributed by atoms with van der Waals surface area (Å²) < 4.78 is 0. The van der Waals surface area contributed by atoms with E-state index in [1.165, 1.54) is 45.2 Å². The lowest BCUT2D eigenvalue weighted by atomic mass is 10.0. The van der Waals surface area contributed by atoms with E-state index in [2.05, 4.69) is 4.90 Å². The molecule has 0 aromatic heterocycles. The molecule has 2 saturated carbocycles. The van der Waals surface area contributed by atoms with Crippen LogP contribution in [0.1, 0.15) is 32.1 Å². The number of aliphatic hydroxyl groups is 1. The summed E-state index contributed by atoms with van der Waals surface area (Å²) in [6.07, 6.45) is 6.65. The van der Waals surface area contributed by atoms with E-state index in [0.29, 0.717) is 5.92 Å². The fourth-order valence-electron chi connectivity index (χ4n) is 3.40. The van der Waals surface area contributed by atoms with Crippen LogP contribution in [0.25, 0.3) is 0 Å². The molecule has 2 nitrogen and oxygen atoms in total. The minimum Gasteiger partial charge on any atom is -0.392 e. The Morgan fingerprint density at radius 1 is 1.14 bits per heavy atom. The molecular weight excluding hydrogens is 174 g/mol. The van der Waals surface area contributed by atoms with Crippen LogP contribution in [0.3, 0.4) is 0 Å². The third-order valence-electron chi connectivity index (χ3n) is 4.44. The maximum absolute atomic E-state index is 10.1. The predicted octanol–water partition coefficient (Wildman–Crippen LogP) is 1.49. The molecule has 1 N–H and O–H groups in total. The highest BCUT2D eigenvalue weighted by molar-refractivity contribution is 4.97. The van der Waals surface area contributed by atoms with Crippen molar-refractivity contribution in [3.8, 4) is 0 Å². The molecule has 3 fully saturated rings. The van der Waals surface area contributed by atoms with Crippen LogP contribution in [0.2, 0.25) is 0 Å². The second-order valence-corrected chi connectivity index (χ2v) is 5.59. The van der Waals surface area contributed by atoms with E-state index >= 15 is 0 Å². The second kappa shape index (κ2) is 3.49. The molecular formula is C12H21NO. The molecule has 3 rings (SSSR count). The summed E-state index contributed by atoms with van der Waals surface area (Å²) in [4.78, 5) is 2.49. The standard InChI is InChI=1S/C12H21NO/c14-12(9-3-1-2-4-9)8-13-6-10-5-11(10)7-13/h9-12,14H,1-8H2. The zero-order valence-corrected chi connectivity index (χ0v) is 8.86. The van der Waals surface area contributed by atoms with E-state index in [0.717, 1.165) is 18.4 Å². The Hall–Kier alpha value is -0.0800. The van der Waals surface area contributed by atoms with E-state index in [-0.39, 0.29) is 6.10 Å². The highest BCUT2D eigenvalue weighted by atomic mass is 16.3. The van der Waals surface area contributed by atoms with Crippen LogP contribution >= 0.6 is 0 Å². The van der Waals surface area contributed by atoms with Gasteiger partial charge in [0.1, 0.15) is 0 Å². The van der Waals surface area contributed by atoms with Gasteiger partial charge in [0.15, 0.2) is 0 Å². The molecule has 0 spiro atoms. The van der Waals surface area contributed by atoms with Crippen LogP contribution < -0.4 is 0 Å². The average molecular weight is 195 g/mol. The second-order valence-electron chi connectivity index (χ2n) is 5.59. The number of fused-ring (bicyclic) bond motifs is 1. The van der Waals surface area contributed by atoms with Gasteiger partial charge in [-0.2, -0.15) is 0 Å². The summed E-state index contributed by atoms with van der Waals surface area (Å²) in [5, 5.41) is 10.1. The van der Waals surface area contributed by atoms with E-state index in [1.54, 1.807) is 0 Å². The fraction of sp³-hybridized carbons (Fsp3) is 1.00. The largest absolute Gasteiger partial charge is 0.392 e. The van der Waals surface area contributed by atoms with E-state index in [1.807, 2.05) is 0 Å². The van der Waals surface area contributed by atoms with Gasteiger partial charge in [-0.05, 0) is 37.0 Å². The molecule has 1 saturated heterocycles. The summed E-state index contributed by atoms with van der Waals surface area (Å²) in [6, 6.07) is 0. The maximum Gasteiger partial charge on any atom is 0.0695 e. The van der Waals surface area contributed by atoms with Crippen LogP contribution in [0, 0.1) is 17.8 Å². The number of nitrogens with zero attached hydrogens (tertiary/aromatic N) is 1. The Balaban J connectivity index is 1.46. The lowest BCUT2D eigenvalue weighted by Crippen LogP contribution is -2.35. The highest BCUT2D eigenvalue weighted by Crippen LogP contribution is 2.45. The highest BCUT2D eigenvalue weighted by Gasteiger charge is 2.45. The lowest BCUT2D eigenvalue weighted by Gasteiger charge is -2.24. The number of β-amino-alcohol motifs (C(OH)–C–C–N with tert-alkyl or cyclic N) is 1. The molecule has 2 aliphatic carbocycles. The van der Waals surface area contributed by atoms with Crippen LogP contribution in [0.5, 0.6) is 0 Å². The Kier molecular flexibility index (Phi) is 2.29. The van der Waals surface area contributed by atoms with Crippen molar-refractivity contribution in [3.63, 3.8) is 0 Å². The van der Waals surface area contributed by atoms with E-state index < -0.39 is 0 Å². The number of likely N-dealkylation sites (tertiary alicyclic amines) is 1. The van der Waals surface area contributed by atoms with Gasteiger partial charge >= 0.3 is 0 Å². The van der Waals surface area contributed by atoms with Crippen molar-refractivity contribution >= 4 is 0 Å². The smallest absolute Gasteiger partial charge is 0.0695 e. The van der Waals surface area contributed by atoms with Crippen molar-refractivity contribution < 1.29 is 5.11 Å². The summed E-state index contributed by atoms with van der Waals surface area (Å²) >= 11 is 0. The Morgan fingerprint density at radius 3 is 2.43 bits per heavy atom. The number of rotatable bonds is 3. The topological polar surface area (TPSA) is 23.5 Å². The number of hydrogen-bond acceptors (Lipinski definition) is 2. The molecule has 0 amide bonds. The molecule has 0 bridgehead atoms. The minimum atomic E-state index is -0.0324. The zero-order chi connectivity index (χ0) is 9.54. The molecule has 3 atom stereocenters. The first-order valence-corrected chi connectivity index (χ1v) is 6.23. The van der Waals surface area contributed by atoms with Crippen molar-refractivity contribution in [1.82, 2.24) is 4.90 Å². The summed E-state index contributed by atoms with van der Waals surface area (Å²) in [6.45, 7) is 3.50. The molecule has 0 radical (unpaired) electrons. The van der Waals surface area contributed by atoms with Crippen molar-refractivity contribution in [2.75, 3.05) is 19.6 Å². The molecule has 2 heteroatoms. The first-order valence-electron chi connectivity index (χ1n) is 6.23. The minimum absolute atomic E-state index is 0.0324. The zero-order valence-electron chi connectivity index (χ0n) is 8.86. The first kappa shape index (κ1) is 9.17. The predicted molar refractivity (Wildman–Crippen MR) is 56.0 cm³/mol. The number of hydrogen-bond donors (Lipinski definition) is 1. The van der Waals surface area contributed by atoms with Gasteiger partial charge in [0.2, 0.25) is 0 Å². The molecule has 14 heavy (non-hydrogen) atoms. The SMILES string of the molecule is OC(CN1CC2CC2C1)C1CCCC1. The lowest BCUT2D eigenvalue weighted by molar-refractivity contribution is 0.0702. The molecule has 3 aliphatic rings. The maximum atomic E-state index is 10.1. The quantitative estimate of drug-likeness (QED) is 0.737. The normalized spacial score (nSPS) is 40.1. The number of aliphatic hydroxyl groups excluding tert-OH is 1. The summed E-state index contributed by atoms with van der Waals surface area (Å²) in [5.74, 6) is 2.63. The van der Waals surface area contributed by atoms with Crippen molar-refractivity contribution in [1.29, 1.82) is 0 Å². The van der Waals surface area contributed by atoms with Crippen LogP contribution in [0.15, 0.2) is 0 Å². The third kappa shape index (κ3) is 1.70.